The van der Waals surface area contributed by atoms with Crippen LogP contribution in [-0.4, -0.2) is 65.4 Å². The molecule has 4 heteroatoms. The highest BCUT2D eigenvalue weighted by molar-refractivity contribution is 5.76. The van der Waals surface area contributed by atoms with Gasteiger partial charge in [0.25, 0.3) is 0 Å². The Morgan fingerprint density at radius 3 is 2.16 bits per heavy atom. The van der Waals surface area contributed by atoms with Crippen molar-refractivity contribution in [3.05, 3.63) is 70.8 Å². The molecule has 4 nitrogen and oxygen atoms in total. The first-order valence-corrected chi connectivity index (χ1v) is 12.5. The topological polar surface area (TPSA) is 26.8 Å². The second-order valence-electron chi connectivity index (χ2n) is 10.0. The van der Waals surface area contributed by atoms with Crippen molar-refractivity contribution in [2.24, 2.45) is 0 Å². The fourth-order valence-corrected chi connectivity index (χ4v) is 5.93. The first kappa shape index (κ1) is 21.7. The van der Waals surface area contributed by atoms with E-state index in [0.717, 1.165) is 39.0 Å². The summed E-state index contributed by atoms with van der Waals surface area (Å²) < 4.78 is 0. The molecule has 1 amide bonds. The van der Waals surface area contributed by atoms with Crippen LogP contribution in [0.1, 0.15) is 47.9 Å². The van der Waals surface area contributed by atoms with Crippen molar-refractivity contribution in [2.45, 2.75) is 64.1 Å². The molecule has 0 saturated carbocycles. The number of aryl methyl sites for hydroxylation is 2. The van der Waals surface area contributed by atoms with Crippen molar-refractivity contribution in [3.8, 4) is 0 Å². The first-order chi connectivity index (χ1) is 15.7. The maximum Gasteiger partial charge on any atom is 0.222 e. The molecule has 32 heavy (non-hydrogen) atoms. The minimum atomic E-state index is 0.326. The van der Waals surface area contributed by atoms with Gasteiger partial charge in [0, 0.05) is 57.8 Å². The molecule has 2 saturated heterocycles. The molecule has 0 spiro atoms. The zero-order chi connectivity index (χ0) is 21.9. The molecule has 2 aliphatic heterocycles. The molecular weight excluding hydrogens is 394 g/mol. The zero-order valence-electron chi connectivity index (χ0n) is 19.5. The lowest BCUT2D eigenvalue weighted by Gasteiger charge is -2.43. The summed E-state index contributed by atoms with van der Waals surface area (Å²) in [6.07, 6.45) is 6.54. The molecule has 2 aromatic carbocycles. The SMILES string of the molecule is Cc1ccc(CN2CCC(N3CCN(C4CCc5ccccc5C4)CC3)CCC2=O)cc1. The van der Waals surface area contributed by atoms with Crippen molar-refractivity contribution < 1.29 is 4.79 Å². The van der Waals surface area contributed by atoms with Crippen molar-refractivity contribution in [1.29, 1.82) is 0 Å². The monoisotopic (exact) mass is 431 g/mol. The van der Waals surface area contributed by atoms with Crippen LogP contribution in [0.2, 0.25) is 0 Å². The Balaban J connectivity index is 1.13. The maximum absolute atomic E-state index is 12.8. The van der Waals surface area contributed by atoms with Gasteiger partial charge in [0.05, 0.1) is 0 Å². The van der Waals surface area contributed by atoms with Crippen molar-refractivity contribution in [2.75, 3.05) is 32.7 Å². The van der Waals surface area contributed by atoms with Gasteiger partial charge in [0.15, 0.2) is 0 Å². The van der Waals surface area contributed by atoms with Gasteiger partial charge in [-0.15, -0.1) is 0 Å². The smallest absolute Gasteiger partial charge is 0.222 e. The van der Waals surface area contributed by atoms with E-state index < -0.39 is 0 Å². The Labute approximate surface area is 193 Å². The quantitative estimate of drug-likeness (QED) is 0.731. The zero-order valence-corrected chi connectivity index (χ0v) is 19.5. The van der Waals surface area contributed by atoms with Gasteiger partial charge in [-0.3, -0.25) is 14.6 Å². The number of hydrogen-bond donors (Lipinski definition) is 0. The molecule has 0 N–H and O–H groups in total. The lowest BCUT2D eigenvalue weighted by molar-refractivity contribution is -0.131. The predicted molar refractivity (Wildman–Crippen MR) is 130 cm³/mol. The van der Waals surface area contributed by atoms with Gasteiger partial charge in [-0.25, -0.2) is 0 Å². The maximum atomic E-state index is 12.8. The standard InChI is InChI=1S/C28H37N3O/c1-22-6-8-23(9-7-22)21-31-15-14-26(12-13-28(31)32)29-16-18-30(19-17-29)27-11-10-24-4-2-3-5-25(24)20-27/h2-9,26-27H,10-21H2,1H3. The summed E-state index contributed by atoms with van der Waals surface area (Å²) in [7, 11) is 0. The largest absolute Gasteiger partial charge is 0.338 e. The van der Waals surface area contributed by atoms with E-state index in [1.807, 2.05) is 0 Å². The van der Waals surface area contributed by atoms with E-state index >= 15 is 0 Å². The van der Waals surface area contributed by atoms with Crippen molar-refractivity contribution >= 4 is 5.91 Å². The summed E-state index contributed by atoms with van der Waals surface area (Å²) in [5.41, 5.74) is 5.63. The Kier molecular flexibility index (Phi) is 6.61. The lowest BCUT2D eigenvalue weighted by Crippen LogP contribution is -2.54. The third-order valence-electron chi connectivity index (χ3n) is 7.97. The van der Waals surface area contributed by atoms with Gasteiger partial charge >= 0.3 is 0 Å². The normalized spacial score (nSPS) is 25.4. The minimum absolute atomic E-state index is 0.326. The number of amides is 1. The van der Waals surface area contributed by atoms with Gasteiger partial charge in [0.2, 0.25) is 5.91 Å². The van der Waals surface area contributed by atoms with E-state index in [2.05, 4.69) is 70.2 Å². The molecule has 2 unspecified atom stereocenters. The number of carbonyl (C=O) groups is 1. The number of likely N-dealkylation sites (tertiary alicyclic amines) is 1. The Bertz CT molecular complexity index is 917. The number of rotatable bonds is 4. The third-order valence-corrected chi connectivity index (χ3v) is 7.97. The molecule has 5 rings (SSSR count). The fraction of sp³-hybridized carbons (Fsp3) is 0.536. The highest BCUT2D eigenvalue weighted by Gasteiger charge is 2.31. The summed E-state index contributed by atoms with van der Waals surface area (Å²) in [6.45, 7) is 8.39. The van der Waals surface area contributed by atoms with Crippen LogP contribution in [0.25, 0.3) is 0 Å². The molecule has 0 radical (unpaired) electrons. The van der Waals surface area contributed by atoms with E-state index in [0.29, 0.717) is 24.4 Å². The second kappa shape index (κ2) is 9.76. The highest BCUT2D eigenvalue weighted by atomic mass is 16.2. The minimum Gasteiger partial charge on any atom is -0.338 e. The molecule has 1 aliphatic carbocycles. The number of carbonyl (C=O) groups excluding carboxylic acids is 1. The van der Waals surface area contributed by atoms with Crippen LogP contribution in [0.5, 0.6) is 0 Å². The Morgan fingerprint density at radius 1 is 0.750 bits per heavy atom. The molecule has 0 bridgehead atoms. The van der Waals surface area contributed by atoms with E-state index in [1.54, 1.807) is 11.1 Å². The molecule has 2 aromatic rings. The number of fused-ring (bicyclic) bond motifs is 1. The van der Waals surface area contributed by atoms with Gasteiger partial charge in [-0.2, -0.15) is 0 Å². The molecule has 2 atom stereocenters. The second-order valence-corrected chi connectivity index (χ2v) is 10.0. The van der Waals surface area contributed by atoms with Gasteiger partial charge in [0.1, 0.15) is 0 Å². The van der Waals surface area contributed by atoms with E-state index in [4.69, 9.17) is 0 Å². The Hall–Kier alpha value is -2.17. The average Bonchev–Trinajstić information content (AvgIpc) is 3.02. The van der Waals surface area contributed by atoms with Gasteiger partial charge < -0.3 is 4.90 Å². The van der Waals surface area contributed by atoms with E-state index in [-0.39, 0.29) is 0 Å². The van der Waals surface area contributed by atoms with Crippen LogP contribution in [0, 0.1) is 6.92 Å². The Morgan fingerprint density at radius 2 is 1.41 bits per heavy atom. The van der Waals surface area contributed by atoms with Crippen LogP contribution >= 0.6 is 0 Å². The van der Waals surface area contributed by atoms with E-state index in [9.17, 15) is 4.79 Å². The number of piperazine rings is 1. The summed E-state index contributed by atoms with van der Waals surface area (Å²) in [6, 6.07) is 18.9. The highest BCUT2D eigenvalue weighted by Crippen LogP contribution is 2.27. The molecule has 2 fully saturated rings. The third kappa shape index (κ3) is 4.92. The van der Waals surface area contributed by atoms with Gasteiger partial charge in [-0.1, -0.05) is 54.1 Å². The van der Waals surface area contributed by atoms with Crippen LogP contribution in [0.3, 0.4) is 0 Å². The van der Waals surface area contributed by atoms with Crippen LogP contribution in [-0.2, 0) is 24.2 Å². The van der Waals surface area contributed by atoms with Crippen LogP contribution < -0.4 is 0 Å². The summed E-state index contributed by atoms with van der Waals surface area (Å²) >= 11 is 0. The molecule has 170 valence electrons. The fourth-order valence-electron chi connectivity index (χ4n) is 5.93. The molecular formula is C28H37N3O. The van der Waals surface area contributed by atoms with Crippen LogP contribution in [0.4, 0.5) is 0 Å². The van der Waals surface area contributed by atoms with Crippen molar-refractivity contribution in [3.63, 3.8) is 0 Å². The summed E-state index contributed by atoms with van der Waals surface area (Å²) in [5, 5.41) is 0. The summed E-state index contributed by atoms with van der Waals surface area (Å²) in [5.74, 6) is 0.326. The number of benzene rings is 2. The predicted octanol–water partition coefficient (Wildman–Crippen LogP) is 4.05. The van der Waals surface area contributed by atoms with E-state index in [1.165, 1.54) is 43.5 Å². The first-order valence-electron chi connectivity index (χ1n) is 12.5. The summed E-state index contributed by atoms with van der Waals surface area (Å²) in [4.78, 5) is 20.3. The van der Waals surface area contributed by atoms with Crippen molar-refractivity contribution in [1.82, 2.24) is 14.7 Å². The molecule has 2 heterocycles. The lowest BCUT2D eigenvalue weighted by atomic mass is 9.87. The van der Waals surface area contributed by atoms with Gasteiger partial charge in [-0.05, 0) is 55.7 Å². The number of nitrogens with zero attached hydrogens (tertiary/aromatic N) is 3. The molecule has 3 aliphatic rings. The average molecular weight is 432 g/mol. The van der Waals surface area contributed by atoms with Crippen LogP contribution in [0.15, 0.2) is 48.5 Å². The number of hydrogen-bond acceptors (Lipinski definition) is 3. The molecule has 0 aromatic heterocycles.